The molecule has 4 heteroatoms. The third kappa shape index (κ3) is 6.28. The minimum Gasteiger partial charge on any atom is -0.466 e. The van der Waals surface area contributed by atoms with E-state index in [-0.39, 0.29) is 11.3 Å². The lowest BCUT2D eigenvalue weighted by Crippen LogP contribution is -2.32. The van der Waals surface area contributed by atoms with Gasteiger partial charge in [0, 0.05) is 18.4 Å². The van der Waals surface area contributed by atoms with E-state index in [2.05, 4.69) is 18.2 Å². The van der Waals surface area contributed by atoms with Crippen LogP contribution in [0.15, 0.2) is 36.0 Å². The second-order valence-electron chi connectivity index (χ2n) is 7.77. The van der Waals surface area contributed by atoms with Crippen LogP contribution < -0.4 is 0 Å². The van der Waals surface area contributed by atoms with Crippen molar-refractivity contribution < 1.29 is 19.4 Å². The lowest BCUT2D eigenvalue weighted by molar-refractivity contribution is -0.134. The van der Waals surface area contributed by atoms with Crippen LogP contribution in [0.5, 0.6) is 0 Å². The lowest BCUT2D eigenvalue weighted by Gasteiger charge is -2.33. The Labute approximate surface area is 151 Å². The Balaban J connectivity index is 2.96. The Hall–Kier alpha value is -1.68. The second-order valence-corrected chi connectivity index (χ2v) is 7.77. The first kappa shape index (κ1) is 21.4. The average molecular weight is 348 g/mol. The predicted molar refractivity (Wildman–Crippen MR) is 100 cm³/mol. The largest absolute Gasteiger partial charge is 0.466 e. The lowest BCUT2D eigenvalue weighted by atomic mass is 9.74. The summed E-state index contributed by atoms with van der Waals surface area (Å²) in [5, 5.41) is 10.6. The zero-order valence-electron chi connectivity index (χ0n) is 16.0. The van der Waals surface area contributed by atoms with Crippen LogP contribution in [0, 0.1) is 11.3 Å². The normalized spacial score (nSPS) is 25.5. The van der Waals surface area contributed by atoms with Crippen molar-refractivity contribution in [1.29, 1.82) is 0 Å². The molecule has 1 saturated carbocycles. The van der Waals surface area contributed by atoms with Gasteiger partial charge in [0.2, 0.25) is 0 Å². The van der Waals surface area contributed by atoms with Crippen LogP contribution in [-0.4, -0.2) is 30.1 Å². The monoisotopic (exact) mass is 348 g/mol. The molecule has 2 atom stereocenters. The Bertz CT molecular complexity index is 551. The molecule has 0 saturated heterocycles. The van der Waals surface area contributed by atoms with Gasteiger partial charge in [-0.2, -0.15) is 0 Å². The quantitative estimate of drug-likeness (QED) is 0.294. The summed E-state index contributed by atoms with van der Waals surface area (Å²) in [6.45, 7) is 9.96. The van der Waals surface area contributed by atoms with Gasteiger partial charge in [-0.1, -0.05) is 36.8 Å². The molecule has 0 bridgehead atoms. The van der Waals surface area contributed by atoms with Gasteiger partial charge in [-0.15, -0.1) is 0 Å². The molecule has 0 aromatic carbocycles. The highest BCUT2D eigenvalue weighted by Gasteiger charge is 2.44. The predicted octanol–water partition coefficient (Wildman–Crippen LogP) is 4.14. The zero-order valence-corrected chi connectivity index (χ0v) is 16.0. The molecule has 0 spiro atoms. The number of rotatable bonds is 9. The summed E-state index contributed by atoms with van der Waals surface area (Å²) in [7, 11) is 1.35. The fraction of sp³-hybridized carbons (Fsp3) is 0.619. The number of aliphatic hydroxyl groups is 1. The highest BCUT2D eigenvalue weighted by molar-refractivity contribution is 5.82. The van der Waals surface area contributed by atoms with Gasteiger partial charge in [0.05, 0.1) is 12.7 Å². The molecule has 1 N–H and O–H groups in total. The van der Waals surface area contributed by atoms with Crippen molar-refractivity contribution in [1.82, 2.24) is 0 Å². The Morgan fingerprint density at radius 1 is 1.44 bits per heavy atom. The van der Waals surface area contributed by atoms with Crippen molar-refractivity contribution in [2.45, 2.75) is 64.9 Å². The van der Waals surface area contributed by atoms with Crippen molar-refractivity contribution in [2.75, 3.05) is 7.11 Å². The maximum atomic E-state index is 11.3. The minimum absolute atomic E-state index is 0.0464. The maximum Gasteiger partial charge on any atom is 0.330 e. The van der Waals surface area contributed by atoms with Gasteiger partial charge in [-0.25, -0.2) is 4.79 Å². The van der Waals surface area contributed by atoms with E-state index in [1.807, 2.05) is 19.9 Å². The van der Waals surface area contributed by atoms with Crippen molar-refractivity contribution >= 4 is 12.3 Å². The van der Waals surface area contributed by atoms with Crippen molar-refractivity contribution in [3.05, 3.63) is 36.0 Å². The fourth-order valence-corrected chi connectivity index (χ4v) is 3.64. The number of methoxy groups -OCH3 is 1. The summed E-state index contributed by atoms with van der Waals surface area (Å²) in [5.41, 5.74) is 1.40. The smallest absolute Gasteiger partial charge is 0.330 e. The number of carbonyl (C=O) groups excluding carboxylic acids is 2. The molecule has 0 radical (unpaired) electrons. The summed E-state index contributed by atoms with van der Waals surface area (Å²) in [4.78, 5) is 21.8. The van der Waals surface area contributed by atoms with Gasteiger partial charge in [0.1, 0.15) is 6.29 Å². The van der Waals surface area contributed by atoms with E-state index < -0.39 is 11.6 Å². The van der Waals surface area contributed by atoms with Crippen LogP contribution in [0.2, 0.25) is 0 Å². The molecular formula is C21H32O4. The minimum atomic E-state index is -0.808. The molecular weight excluding hydrogens is 316 g/mol. The molecule has 0 amide bonds. The number of carbonyl (C=O) groups is 2. The molecule has 0 aromatic rings. The van der Waals surface area contributed by atoms with Crippen molar-refractivity contribution in [3.63, 3.8) is 0 Å². The first-order valence-electron chi connectivity index (χ1n) is 8.93. The van der Waals surface area contributed by atoms with Crippen LogP contribution in [-0.2, 0) is 14.3 Å². The van der Waals surface area contributed by atoms with E-state index in [0.29, 0.717) is 6.42 Å². The number of ether oxygens (including phenoxy) is 1. The van der Waals surface area contributed by atoms with E-state index in [1.165, 1.54) is 18.8 Å². The molecule has 1 aliphatic rings. The SMILES string of the molecule is C=C(CCC=O)CC[C@]1(C)CC[C@@H](C(C)(C)O)/C1=C\C=C\C(=O)OC. The molecule has 1 fully saturated rings. The average Bonchev–Trinajstić information content (AvgIpc) is 2.88. The van der Waals surface area contributed by atoms with Gasteiger partial charge in [0.25, 0.3) is 0 Å². The van der Waals surface area contributed by atoms with Crippen LogP contribution in [0.1, 0.15) is 59.3 Å². The number of aldehydes is 1. The molecule has 4 nitrogen and oxygen atoms in total. The summed E-state index contributed by atoms with van der Waals surface area (Å²) in [5.74, 6) is -0.332. The van der Waals surface area contributed by atoms with E-state index in [9.17, 15) is 14.7 Å². The third-order valence-electron chi connectivity index (χ3n) is 5.27. The van der Waals surface area contributed by atoms with Crippen molar-refractivity contribution in [3.8, 4) is 0 Å². The number of allylic oxidation sites excluding steroid dienone is 3. The summed E-state index contributed by atoms with van der Waals surface area (Å²) < 4.78 is 4.63. The highest BCUT2D eigenvalue weighted by atomic mass is 16.5. The maximum absolute atomic E-state index is 11.3. The van der Waals surface area contributed by atoms with E-state index >= 15 is 0 Å². The number of hydrogen-bond donors (Lipinski definition) is 1. The van der Waals surface area contributed by atoms with Gasteiger partial charge in [-0.3, -0.25) is 0 Å². The van der Waals surface area contributed by atoms with E-state index in [1.54, 1.807) is 6.08 Å². The molecule has 25 heavy (non-hydrogen) atoms. The number of esters is 1. The fourth-order valence-electron chi connectivity index (χ4n) is 3.64. The zero-order chi connectivity index (χ0) is 19.1. The van der Waals surface area contributed by atoms with Crippen LogP contribution in [0.4, 0.5) is 0 Å². The topological polar surface area (TPSA) is 63.6 Å². The van der Waals surface area contributed by atoms with Crippen LogP contribution in [0.3, 0.4) is 0 Å². The molecule has 1 rings (SSSR count). The second kappa shape index (κ2) is 9.14. The molecule has 0 unspecified atom stereocenters. The summed E-state index contributed by atoms with van der Waals surface area (Å²) >= 11 is 0. The van der Waals surface area contributed by atoms with Crippen LogP contribution >= 0.6 is 0 Å². The molecule has 1 aliphatic carbocycles. The first-order valence-corrected chi connectivity index (χ1v) is 8.93. The van der Waals surface area contributed by atoms with Gasteiger partial charge < -0.3 is 14.6 Å². The standard InChI is InChI=1S/C21H32O4/c1-16(8-7-15-22)11-13-21(4)14-12-17(20(2,3)24)18(21)9-6-10-19(23)25-5/h6,9-10,15,17,24H,1,7-8,11-14H2,2-5H3/b10-6+,18-9+/t17-,21-/m1/s1. The third-order valence-corrected chi connectivity index (χ3v) is 5.27. The first-order chi connectivity index (χ1) is 11.6. The van der Waals surface area contributed by atoms with E-state index in [0.717, 1.165) is 44.0 Å². The Kier molecular flexibility index (Phi) is 7.81. The molecule has 0 heterocycles. The van der Waals surface area contributed by atoms with E-state index in [4.69, 9.17) is 0 Å². The Morgan fingerprint density at radius 2 is 2.12 bits per heavy atom. The number of hydrogen-bond acceptors (Lipinski definition) is 4. The molecule has 0 aliphatic heterocycles. The molecule has 0 aromatic heterocycles. The van der Waals surface area contributed by atoms with Crippen molar-refractivity contribution in [2.24, 2.45) is 11.3 Å². The summed E-state index contributed by atoms with van der Waals surface area (Å²) in [6.07, 6.45) is 10.9. The molecule has 140 valence electrons. The van der Waals surface area contributed by atoms with Gasteiger partial charge >= 0.3 is 5.97 Å². The summed E-state index contributed by atoms with van der Waals surface area (Å²) in [6, 6.07) is 0. The Morgan fingerprint density at radius 3 is 2.68 bits per heavy atom. The highest BCUT2D eigenvalue weighted by Crippen LogP contribution is 2.53. The van der Waals surface area contributed by atoms with Crippen LogP contribution in [0.25, 0.3) is 0 Å². The van der Waals surface area contributed by atoms with Gasteiger partial charge in [0.15, 0.2) is 0 Å². The van der Waals surface area contributed by atoms with Gasteiger partial charge in [-0.05, 0) is 51.4 Å².